The van der Waals surface area contributed by atoms with Crippen molar-refractivity contribution < 1.29 is 14.3 Å². The van der Waals surface area contributed by atoms with E-state index in [0.29, 0.717) is 19.7 Å². The molecular weight excluding hydrogens is 340 g/mol. The van der Waals surface area contributed by atoms with E-state index in [0.717, 1.165) is 28.1 Å². The van der Waals surface area contributed by atoms with Gasteiger partial charge in [-0.1, -0.05) is 23.8 Å². The number of carbonyl (C=O) groups excluding carboxylic acids is 2. The van der Waals surface area contributed by atoms with Crippen LogP contribution < -0.4 is 9.64 Å². The van der Waals surface area contributed by atoms with E-state index in [9.17, 15) is 9.59 Å². The van der Waals surface area contributed by atoms with Crippen molar-refractivity contribution in [2.24, 2.45) is 0 Å². The topological polar surface area (TPSA) is 49.9 Å². The molecule has 0 aromatic heterocycles. The van der Waals surface area contributed by atoms with Crippen molar-refractivity contribution in [3.05, 3.63) is 59.2 Å². The Balaban J connectivity index is 1.93. The first kappa shape index (κ1) is 19.0. The number of benzene rings is 2. The molecule has 5 nitrogen and oxygen atoms in total. The summed E-state index contributed by atoms with van der Waals surface area (Å²) in [5, 5.41) is 0. The third-order valence-electron chi connectivity index (χ3n) is 5.03. The molecular formula is C22H26N2O3. The monoisotopic (exact) mass is 366 g/mol. The van der Waals surface area contributed by atoms with Crippen molar-refractivity contribution in [3.8, 4) is 5.75 Å². The zero-order valence-corrected chi connectivity index (χ0v) is 16.4. The second-order valence-electron chi connectivity index (χ2n) is 7.06. The highest BCUT2D eigenvalue weighted by Gasteiger charge is 2.23. The summed E-state index contributed by atoms with van der Waals surface area (Å²) in [6.07, 6.45) is 0. The number of nitrogens with zero attached hydrogens (tertiary/aromatic N) is 2. The van der Waals surface area contributed by atoms with E-state index < -0.39 is 0 Å². The molecule has 0 aliphatic carbocycles. The van der Waals surface area contributed by atoms with Gasteiger partial charge in [-0.25, -0.2) is 0 Å². The average Bonchev–Trinajstić information content (AvgIpc) is 2.85. The van der Waals surface area contributed by atoms with Crippen LogP contribution in [0.15, 0.2) is 42.5 Å². The highest BCUT2D eigenvalue weighted by Crippen LogP contribution is 2.32. The van der Waals surface area contributed by atoms with Gasteiger partial charge in [0.25, 0.3) is 0 Å². The van der Waals surface area contributed by atoms with Crippen LogP contribution in [0.2, 0.25) is 0 Å². The van der Waals surface area contributed by atoms with Crippen LogP contribution in [0, 0.1) is 6.92 Å². The van der Waals surface area contributed by atoms with Gasteiger partial charge < -0.3 is 14.5 Å². The number of fused-ring (bicyclic) bond motifs is 1. The molecule has 1 atom stereocenters. The Morgan fingerprint density at radius 2 is 1.81 bits per heavy atom. The summed E-state index contributed by atoms with van der Waals surface area (Å²) in [6, 6.07) is 13.8. The minimum absolute atomic E-state index is 0.0112. The maximum absolute atomic E-state index is 12.4. The predicted molar refractivity (Wildman–Crippen MR) is 106 cm³/mol. The number of amides is 2. The van der Waals surface area contributed by atoms with Crippen molar-refractivity contribution in [1.29, 1.82) is 0 Å². The van der Waals surface area contributed by atoms with Crippen LogP contribution in [0.4, 0.5) is 5.69 Å². The molecule has 0 spiro atoms. The fourth-order valence-corrected chi connectivity index (χ4v) is 3.48. The summed E-state index contributed by atoms with van der Waals surface area (Å²) in [5.74, 6) is 0.831. The predicted octanol–water partition coefficient (Wildman–Crippen LogP) is 3.85. The molecule has 5 heteroatoms. The summed E-state index contributed by atoms with van der Waals surface area (Å²) >= 11 is 0. The Kier molecular flexibility index (Phi) is 5.49. The van der Waals surface area contributed by atoms with Crippen LogP contribution in [-0.2, 0) is 16.1 Å². The Hall–Kier alpha value is -2.82. The SMILES string of the molecule is CC(=O)N1CCOc2ccc([C@@H](C)N(C(C)=O)c3ccc(C)cc3)cc2C1. The number of hydrogen-bond acceptors (Lipinski definition) is 3. The maximum Gasteiger partial charge on any atom is 0.224 e. The molecule has 0 saturated heterocycles. The lowest BCUT2D eigenvalue weighted by atomic mass is 10.0. The lowest BCUT2D eigenvalue weighted by Gasteiger charge is -2.29. The molecule has 3 rings (SSSR count). The third-order valence-corrected chi connectivity index (χ3v) is 5.03. The molecule has 27 heavy (non-hydrogen) atoms. The van der Waals surface area contributed by atoms with Crippen LogP contribution in [0.1, 0.15) is 43.5 Å². The van der Waals surface area contributed by atoms with Crippen LogP contribution in [-0.4, -0.2) is 29.9 Å². The summed E-state index contributed by atoms with van der Waals surface area (Å²) in [7, 11) is 0. The van der Waals surface area contributed by atoms with Crippen molar-refractivity contribution >= 4 is 17.5 Å². The van der Waals surface area contributed by atoms with Crippen molar-refractivity contribution in [1.82, 2.24) is 4.90 Å². The van der Waals surface area contributed by atoms with Gasteiger partial charge >= 0.3 is 0 Å². The van der Waals surface area contributed by atoms with E-state index in [1.807, 2.05) is 56.3 Å². The molecule has 0 fully saturated rings. The fraction of sp³-hybridized carbons (Fsp3) is 0.364. The van der Waals surface area contributed by atoms with Crippen molar-refractivity contribution in [2.45, 2.75) is 40.3 Å². The normalized spacial score (nSPS) is 14.6. The molecule has 1 aliphatic rings. The first-order chi connectivity index (χ1) is 12.9. The average molecular weight is 366 g/mol. The summed E-state index contributed by atoms with van der Waals surface area (Å²) in [6.45, 7) is 8.80. The van der Waals surface area contributed by atoms with Gasteiger partial charge in [0.15, 0.2) is 0 Å². The highest BCUT2D eigenvalue weighted by atomic mass is 16.5. The van der Waals surface area contributed by atoms with E-state index in [4.69, 9.17) is 4.74 Å². The number of aryl methyl sites for hydroxylation is 1. The molecule has 1 aliphatic heterocycles. The fourth-order valence-electron chi connectivity index (χ4n) is 3.48. The van der Waals surface area contributed by atoms with Gasteiger partial charge in [-0.2, -0.15) is 0 Å². The van der Waals surface area contributed by atoms with E-state index in [-0.39, 0.29) is 17.9 Å². The molecule has 2 amide bonds. The number of anilines is 1. The molecule has 2 aromatic carbocycles. The Labute approximate surface area is 160 Å². The molecule has 0 unspecified atom stereocenters. The molecule has 0 radical (unpaired) electrons. The standard InChI is InChI=1S/C22H26N2O3/c1-15-5-8-21(9-6-15)24(18(4)26)16(2)19-7-10-22-20(13-19)14-23(17(3)25)11-12-27-22/h5-10,13,16H,11-12,14H2,1-4H3/t16-/m1/s1. The van der Waals surface area contributed by atoms with Gasteiger partial charge in [-0.15, -0.1) is 0 Å². The van der Waals surface area contributed by atoms with Gasteiger partial charge in [0.1, 0.15) is 12.4 Å². The Morgan fingerprint density at radius 3 is 2.44 bits per heavy atom. The van der Waals surface area contributed by atoms with Gasteiger partial charge in [-0.05, 0) is 43.7 Å². The molecule has 0 N–H and O–H groups in total. The van der Waals surface area contributed by atoms with Crippen molar-refractivity contribution in [2.75, 3.05) is 18.1 Å². The largest absolute Gasteiger partial charge is 0.491 e. The minimum atomic E-state index is -0.135. The second-order valence-corrected chi connectivity index (χ2v) is 7.06. The second kappa shape index (κ2) is 7.82. The lowest BCUT2D eigenvalue weighted by Crippen LogP contribution is -2.31. The summed E-state index contributed by atoms with van der Waals surface area (Å²) in [5.41, 5.74) is 4.01. The Bertz CT molecular complexity index is 845. The molecule has 1 heterocycles. The van der Waals surface area contributed by atoms with Crippen LogP contribution in [0.25, 0.3) is 0 Å². The first-order valence-corrected chi connectivity index (χ1v) is 9.24. The highest BCUT2D eigenvalue weighted by molar-refractivity contribution is 5.92. The number of rotatable bonds is 3. The zero-order valence-electron chi connectivity index (χ0n) is 16.4. The van der Waals surface area contributed by atoms with E-state index in [2.05, 4.69) is 0 Å². The van der Waals surface area contributed by atoms with E-state index >= 15 is 0 Å². The molecule has 0 saturated carbocycles. The third kappa shape index (κ3) is 4.13. The maximum atomic E-state index is 12.4. The molecule has 2 aromatic rings. The lowest BCUT2D eigenvalue weighted by molar-refractivity contribution is -0.129. The van der Waals surface area contributed by atoms with Gasteiger partial charge in [0.05, 0.1) is 12.6 Å². The van der Waals surface area contributed by atoms with Gasteiger partial charge in [0.2, 0.25) is 11.8 Å². The Morgan fingerprint density at radius 1 is 1.11 bits per heavy atom. The molecule has 142 valence electrons. The van der Waals surface area contributed by atoms with Crippen molar-refractivity contribution in [3.63, 3.8) is 0 Å². The summed E-state index contributed by atoms with van der Waals surface area (Å²) < 4.78 is 5.79. The number of ether oxygens (including phenoxy) is 1. The first-order valence-electron chi connectivity index (χ1n) is 9.24. The molecule has 0 bridgehead atoms. The summed E-state index contributed by atoms with van der Waals surface area (Å²) in [4.78, 5) is 27.8. The van der Waals surface area contributed by atoms with Crippen LogP contribution in [0.3, 0.4) is 0 Å². The van der Waals surface area contributed by atoms with E-state index in [1.165, 1.54) is 0 Å². The van der Waals surface area contributed by atoms with Crippen LogP contribution in [0.5, 0.6) is 5.75 Å². The smallest absolute Gasteiger partial charge is 0.224 e. The number of hydrogen-bond donors (Lipinski definition) is 0. The van der Waals surface area contributed by atoms with Crippen LogP contribution >= 0.6 is 0 Å². The minimum Gasteiger partial charge on any atom is -0.491 e. The zero-order chi connectivity index (χ0) is 19.6. The van der Waals surface area contributed by atoms with Gasteiger partial charge in [0, 0.05) is 31.6 Å². The quantitative estimate of drug-likeness (QED) is 0.829. The van der Waals surface area contributed by atoms with E-state index in [1.54, 1.807) is 23.6 Å². The number of carbonyl (C=O) groups is 2. The van der Waals surface area contributed by atoms with Gasteiger partial charge in [-0.3, -0.25) is 9.59 Å².